The van der Waals surface area contributed by atoms with E-state index in [9.17, 15) is 9.59 Å². The molecule has 28 heavy (non-hydrogen) atoms. The SMILES string of the molecule is Cc1cccc(C(=O)N[C@@H](C)C(=O)NCCc2ccc(-c3csc(C)n3)s2)c1. The second kappa shape index (κ2) is 9.12. The molecule has 2 amide bonds. The number of nitrogens with one attached hydrogen (secondary N) is 2. The average molecular weight is 414 g/mol. The van der Waals surface area contributed by atoms with Crippen molar-refractivity contribution >= 4 is 34.5 Å². The summed E-state index contributed by atoms with van der Waals surface area (Å²) in [5.74, 6) is -0.430. The van der Waals surface area contributed by atoms with Gasteiger partial charge in [0.05, 0.1) is 15.6 Å². The molecule has 0 aliphatic carbocycles. The van der Waals surface area contributed by atoms with Gasteiger partial charge in [0.15, 0.2) is 0 Å². The first-order chi connectivity index (χ1) is 13.4. The lowest BCUT2D eigenvalue weighted by Gasteiger charge is -2.14. The third kappa shape index (κ3) is 5.27. The number of hydrogen-bond donors (Lipinski definition) is 2. The number of hydrogen-bond acceptors (Lipinski definition) is 5. The fourth-order valence-electron chi connectivity index (χ4n) is 2.72. The molecule has 0 radical (unpaired) electrons. The Hall–Kier alpha value is -2.51. The Balaban J connectivity index is 1.46. The van der Waals surface area contributed by atoms with E-state index in [0.29, 0.717) is 12.1 Å². The molecule has 3 aromatic rings. The van der Waals surface area contributed by atoms with Crippen molar-refractivity contribution in [3.8, 4) is 10.6 Å². The molecule has 0 saturated heterocycles. The minimum absolute atomic E-state index is 0.187. The molecule has 1 atom stereocenters. The fourth-order valence-corrected chi connectivity index (χ4v) is 4.38. The lowest BCUT2D eigenvalue weighted by molar-refractivity contribution is -0.122. The molecule has 0 aliphatic rings. The Kier molecular flexibility index (Phi) is 6.59. The van der Waals surface area contributed by atoms with Gasteiger partial charge in [-0.15, -0.1) is 22.7 Å². The zero-order valence-corrected chi connectivity index (χ0v) is 17.7. The molecule has 1 aromatic carbocycles. The maximum absolute atomic E-state index is 12.3. The first kappa shape index (κ1) is 20.2. The molecule has 5 nitrogen and oxygen atoms in total. The van der Waals surface area contributed by atoms with Crippen molar-refractivity contribution in [3.05, 3.63) is 62.8 Å². The Morgan fingerprint density at radius 1 is 1.18 bits per heavy atom. The van der Waals surface area contributed by atoms with E-state index in [2.05, 4.69) is 33.1 Å². The summed E-state index contributed by atoms with van der Waals surface area (Å²) in [4.78, 5) is 31.4. The van der Waals surface area contributed by atoms with E-state index in [1.165, 1.54) is 4.88 Å². The maximum atomic E-state index is 12.3. The number of aromatic nitrogens is 1. The minimum atomic E-state index is -0.593. The van der Waals surface area contributed by atoms with Crippen LogP contribution in [-0.2, 0) is 11.2 Å². The number of amides is 2. The van der Waals surface area contributed by atoms with Crippen LogP contribution in [0.15, 0.2) is 41.8 Å². The molecular weight excluding hydrogens is 390 g/mol. The fraction of sp³-hybridized carbons (Fsp3) is 0.286. The van der Waals surface area contributed by atoms with Crippen LogP contribution in [0.3, 0.4) is 0 Å². The summed E-state index contributed by atoms with van der Waals surface area (Å²) in [6.07, 6.45) is 0.748. The Bertz CT molecular complexity index is 977. The van der Waals surface area contributed by atoms with Crippen LogP contribution in [0.1, 0.15) is 32.7 Å². The molecule has 2 N–H and O–H groups in total. The predicted octanol–water partition coefficient (Wildman–Crippen LogP) is 3.97. The van der Waals surface area contributed by atoms with Gasteiger partial charge in [0, 0.05) is 22.4 Å². The van der Waals surface area contributed by atoms with Crippen LogP contribution in [0.25, 0.3) is 10.6 Å². The highest BCUT2D eigenvalue weighted by molar-refractivity contribution is 7.16. The van der Waals surface area contributed by atoms with Gasteiger partial charge in [0.1, 0.15) is 6.04 Å². The first-order valence-corrected chi connectivity index (χ1v) is 10.8. The number of benzene rings is 1. The normalized spacial score (nSPS) is 11.8. The van der Waals surface area contributed by atoms with E-state index in [0.717, 1.165) is 27.6 Å². The molecule has 3 rings (SSSR count). The number of nitrogens with zero attached hydrogens (tertiary/aromatic N) is 1. The van der Waals surface area contributed by atoms with Gasteiger partial charge >= 0.3 is 0 Å². The molecule has 0 saturated carbocycles. The number of rotatable bonds is 7. The van der Waals surface area contributed by atoms with Crippen molar-refractivity contribution in [1.82, 2.24) is 15.6 Å². The summed E-state index contributed by atoms with van der Waals surface area (Å²) in [6.45, 7) is 6.14. The van der Waals surface area contributed by atoms with Gasteiger partial charge in [-0.3, -0.25) is 9.59 Å². The highest BCUT2D eigenvalue weighted by Crippen LogP contribution is 2.29. The quantitative estimate of drug-likeness (QED) is 0.616. The molecule has 146 valence electrons. The number of carbonyl (C=O) groups excluding carboxylic acids is 2. The average Bonchev–Trinajstić information content (AvgIpc) is 3.30. The number of thiophene rings is 1. The predicted molar refractivity (Wildman–Crippen MR) is 115 cm³/mol. The van der Waals surface area contributed by atoms with E-state index in [4.69, 9.17) is 0 Å². The molecular formula is C21H23N3O2S2. The Morgan fingerprint density at radius 3 is 2.71 bits per heavy atom. The van der Waals surface area contributed by atoms with Gasteiger partial charge < -0.3 is 10.6 Å². The van der Waals surface area contributed by atoms with E-state index in [1.807, 2.05) is 26.0 Å². The number of carbonyl (C=O) groups is 2. The number of thiazole rings is 1. The molecule has 0 unspecified atom stereocenters. The lowest BCUT2D eigenvalue weighted by Crippen LogP contribution is -2.45. The van der Waals surface area contributed by atoms with Crippen molar-refractivity contribution in [2.24, 2.45) is 0 Å². The smallest absolute Gasteiger partial charge is 0.251 e. The van der Waals surface area contributed by atoms with E-state index in [-0.39, 0.29) is 11.8 Å². The summed E-state index contributed by atoms with van der Waals surface area (Å²) in [5.41, 5.74) is 2.58. The summed E-state index contributed by atoms with van der Waals surface area (Å²) >= 11 is 3.33. The summed E-state index contributed by atoms with van der Waals surface area (Å²) in [6, 6.07) is 10.9. The van der Waals surface area contributed by atoms with Crippen molar-refractivity contribution in [1.29, 1.82) is 0 Å². The second-order valence-electron chi connectivity index (χ2n) is 6.62. The molecule has 0 fully saturated rings. The molecule has 7 heteroatoms. The van der Waals surface area contributed by atoms with Crippen LogP contribution in [0.2, 0.25) is 0 Å². The van der Waals surface area contributed by atoms with Crippen LogP contribution < -0.4 is 10.6 Å². The molecule has 2 aromatic heterocycles. The third-order valence-electron chi connectivity index (χ3n) is 4.22. The summed E-state index contributed by atoms with van der Waals surface area (Å²) in [7, 11) is 0. The zero-order valence-electron chi connectivity index (χ0n) is 16.1. The maximum Gasteiger partial charge on any atom is 0.251 e. The standard InChI is InChI=1S/C21H23N3O2S2/c1-13-5-4-6-16(11-13)21(26)23-14(2)20(25)22-10-9-17-7-8-19(28-17)18-12-27-15(3)24-18/h4-8,11-12,14H,9-10H2,1-3H3,(H,22,25)(H,23,26)/t14-/m0/s1. The Morgan fingerprint density at radius 2 is 2.00 bits per heavy atom. The van der Waals surface area contributed by atoms with Gasteiger partial charge in [0.2, 0.25) is 5.91 Å². The van der Waals surface area contributed by atoms with Gasteiger partial charge in [-0.25, -0.2) is 4.98 Å². The molecule has 0 spiro atoms. The van der Waals surface area contributed by atoms with Crippen LogP contribution in [0.5, 0.6) is 0 Å². The summed E-state index contributed by atoms with van der Waals surface area (Å²) in [5, 5.41) is 8.75. The highest BCUT2D eigenvalue weighted by Gasteiger charge is 2.16. The summed E-state index contributed by atoms with van der Waals surface area (Å²) < 4.78 is 0. The molecule has 2 heterocycles. The van der Waals surface area contributed by atoms with Crippen molar-refractivity contribution in [3.63, 3.8) is 0 Å². The molecule has 0 bridgehead atoms. The van der Waals surface area contributed by atoms with Crippen LogP contribution >= 0.6 is 22.7 Å². The van der Waals surface area contributed by atoms with Gasteiger partial charge in [0.25, 0.3) is 5.91 Å². The van der Waals surface area contributed by atoms with Crippen LogP contribution in [-0.4, -0.2) is 29.4 Å². The number of aryl methyl sites for hydroxylation is 2. The van der Waals surface area contributed by atoms with Gasteiger partial charge in [-0.1, -0.05) is 17.7 Å². The van der Waals surface area contributed by atoms with Crippen LogP contribution in [0.4, 0.5) is 0 Å². The minimum Gasteiger partial charge on any atom is -0.354 e. The monoisotopic (exact) mass is 413 g/mol. The van der Waals surface area contributed by atoms with Gasteiger partial charge in [-0.05, 0) is 51.5 Å². The van der Waals surface area contributed by atoms with Crippen LogP contribution in [0, 0.1) is 13.8 Å². The van der Waals surface area contributed by atoms with Crippen molar-refractivity contribution in [2.75, 3.05) is 6.54 Å². The topological polar surface area (TPSA) is 71.1 Å². The van der Waals surface area contributed by atoms with Crippen molar-refractivity contribution < 1.29 is 9.59 Å². The van der Waals surface area contributed by atoms with Crippen molar-refractivity contribution in [2.45, 2.75) is 33.2 Å². The van der Waals surface area contributed by atoms with E-state index < -0.39 is 6.04 Å². The second-order valence-corrected chi connectivity index (χ2v) is 8.85. The third-order valence-corrected chi connectivity index (χ3v) is 6.17. The molecule has 0 aliphatic heterocycles. The highest BCUT2D eigenvalue weighted by atomic mass is 32.1. The van der Waals surface area contributed by atoms with Gasteiger partial charge in [-0.2, -0.15) is 0 Å². The largest absolute Gasteiger partial charge is 0.354 e. The first-order valence-electron chi connectivity index (χ1n) is 9.09. The lowest BCUT2D eigenvalue weighted by atomic mass is 10.1. The Labute approximate surface area is 172 Å². The van der Waals surface area contributed by atoms with E-state index >= 15 is 0 Å². The zero-order chi connectivity index (χ0) is 20.1. The van der Waals surface area contributed by atoms with E-state index in [1.54, 1.807) is 41.7 Å².